The van der Waals surface area contributed by atoms with E-state index in [1.807, 2.05) is 12.1 Å². The normalized spacial score (nSPS) is 11.0. The minimum atomic E-state index is -0.880. The third-order valence-corrected chi connectivity index (χ3v) is 4.02. The van der Waals surface area contributed by atoms with Gasteiger partial charge in [-0.2, -0.15) is 4.98 Å². The van der Waals surface area contributed by atoms with Crippen LogP contribution in [0.4, 0.5) is 0 Å². The number of oxazole rings is 1. The predicted octanol–water partition coefficient (Wildman–Crippen LogP) is 4.15. The van der Waals surface area contributed by atoms with Gasteiger partial charge in [0.1, 0.15) is 17.3 Å². The standard InChI is InChI=1S/C18H18ClN3O3/c1-2-3-15-20-10-11-22(15)18-21-17(12-4-6-13(19)7-5-12)14(25-18)8-9-16(23)24/h4-7,10-11H,2-3,8-9H2,1H3,(H,23,24). The first kappa shape index (κ1) is 17.2. The Kier molecular flexibility index (Phi) is 5.19. The average Bonchev–Trinajstić information content (AvgIpc) is 3.20. The zero-order chi connectivity index (χ0) is 17.8. The highest BCUT2D eigenvalue weighted by atomic mass is 35.5. The zero-order valence-corrected chi connectivity index (χ0v) is 14.5. The number of aryl methyl sites for hydroxylation is 2. The van der Waals surface area contributed by atoms with E-state index in [4.69, 9.17) is 21.1 Å². The van der Waals surface area contributed by atoms with E-state index in [9.17, 15) is 4.79 Å². The quantitative estimate of drug-likeness (QED) is 0.685. The van der Waals surface area contributed by atoms with Crippen molar-refractivity contribution in [2.75, 3.05) is 0 Å². The number of aliphatic carboxylic acids is 1. The van der Waals surface area contributed by atoms with Crippen molar-refractivity contribution in [1.82, 2.24) is 14.5 Å². The summed E-state index contributed by atoms with van der Waals surface area (Å²) in [7, 11) is 0. The minimum Gasteiger partial charge on any atom is -0.481 e. The van der Waals surface area contributed by atoms with Crippen LogP contribution in [0.25, 0.3) is 17.3 Å². The van der Waals surface area contributed by atoms with Gasteiger partial charge < -0.3 is 9.52 Å². The number of hydrogen-bond acceptors (Lipinski definition) is 4. The molecular weight excluding hydrogens is 342 g/mol. The first-order chi connectivity index (χ1) is 12.1. The second-order valence-electron chi connectivity index (χ2n) is 5.63. The molecule has 0 fully saturated rings. The van der Waals surface area contributed by atoms with Crippen LogP contribution in [0.1, 0.15) is 31.4 Å². The molecule has 0 saturated carbocycles. The molecule has 0 unspecified atom stereocenters. The van der Waals surface area contributed by atoms with Crippen LogP contribution in [0.2, 0.25) is 5.02 Å². The van der Waals surface area contributed by atoms with Crippen LogP contribution >= 0.6 is 11.6 Å². The third kappa shape index (κ3) is 3.91. The number of carboxylic acids is 1. The lowest BCUT2D eigenvalue weighted by molar-refractivity contribution is -0.137. The van der Waals surface area contributed by atoms with Gasteiger partial charge in [0.2, 0.25) is 0 Å². The lowest BCUT2D eigenvalue weighted by Gasteiger charge is -2.01. The zero-order valence-electron chi connectivity index (χ0n) is 13.8. The van der Waals surface area contributed by atoms with Crippen LogP contribution in [0.15, 0.2) is 41.1 Å². The van der Waals surface area contributed by atoms with Crippen molar-refractivity contribution >= 4 is 17.6 Å². The second kappa shape index (κ2) is 7.53. The molecule has 6 nitrogen and oxygen atoms in total. The van der Waals surface area contributed by atoms with Gasteiger partial charge in [0.25, 0.3) is 0 Å². The summed E-state index contributed by atoms with van der Waals surface area (Å²) in [6.07, 6.45) is 5.49. The average molecular weight is 360 g/mol. The Morgan fingerprint density at radius 2 is 2.04 bits per heavy atom. The van der Waals surface area contributed by atoms with Crippen molar-refractivity contribution in [3.63, 3.8) is 0 Å². The number of aromatic nitrogens is 3. The van der Waals surface area contributed by atoms with E-state index in [2.05, 4.69) is 16.9 Å². The molecule has 7 heteroatoms. The topological polar surface area (TPSA) is 81.2 Å². The molecule has 0 aliphatic carbocycles. The molecule has 0 bridgehead atoms. The maximum absolute atomic E-state index is 10.9. The van der Waals surface area contributed by atoms with Gasteiger partial charge in [0.05, 0.1) is 6.42 Å². The Balaban J connectivity index is 2.03. The van der Waals surface area contributed by atoms with E-state index in [0.29, 0.717) is 22.5 Å². The minimum absolute atomic E-state index is 0.0268. The monoisotopic (exact) mass is 359 g/mol. The largest absolute Gasteiger partial charge is 0.481 e. The molecule has 130 valence electrons. The summed E-state index contributed by atoms with van der Waals surface area (Å²) in [5.41, 5.74) is 1.46. The van der Waals surface area contributed by atoms with Crippen molar-refractivity contribution in [2.45, 2.75) is 32.6 Å². The van der Waals surface area contributed by atoms with Gasteiger partial charge in [-0.25, -0.2) is 4.98 Å². The molecule has 0 radical (unpaired) electrons. The van der Waals surface area contributed by atoms with Gasteiger partial charge in [0, 0.05) is 35.8 Å². The molecule has 2 aromatic heterocycles. The van der Waals surface area contributed by atoms with Crippen LogP contribution in [0.5, 0.6) is 0 Å². The molecule has 3 aromatic rings. The number of imidazole rings is 1. The summed E-state index contributed by atoms with van der Waals surface area (Å²) in [6.45, 7) is 2.08. The highest BCUT2D eigenvalue weighted by molar-refractivity contribution is 6.30. The molecule has 1 aromatic carbocycles. The predicted molar refractivity (Wildman–Crippen MR) is 94.0 cm³/mol. The van der Waals surface area contributed by atoms with Crippen LogP contribution in [-0.4, -0.2) is 25.6 Å². The van der Waals surface area contributed by atoms with Gasteiger partial charge in [-0.05, 0) is 18.6 Å². The van der Waals surface area contributed by atoms with E-state index in [1.165, 1.54) is 0 Å². The molecule has 0 aliphatic heterocycles. The summed E-state index contributed by atoms with van der Waals surface area (Å²) >= 11 is 5.95. The van der Waals surface area contributed by atoms with Gasteiger partial charge in [-0.15, -0.1) is 0 Å². The molecular formula is C18H18ClN3O3. The Morgan fingerprint density at radius 3 is 2.72 bits per heavy atom. The first-order valence-corrected chi connectivity index (χ1v) is 8.46. The SMILES string of the molecule is CCCc1nccn1-c1nc(-c2ccc(Cl)cc2)c(CCC(=O)O)o1. The number of carbonyl (C=O) groups is 1. The van der Waals surface area contributed by atoms with E-state index in [0.717, 1.165) is 24.2 Å². The number of benzene rings is 1. The Hall–Kier alpha value is -2.60. The summed E-state index contributed by atoms with van der Waals surface area (Å²) in [5, 5.41) is 9.61. The number of nitrogens with zero attached hydrogens (tertiary/aromatic N) is 3. The van der Waals surface area contributed by atoms with E-state index < -0.39 is 5.97 Å². The Morgan fingerprint density at radius 1 is 1.28 bits per heavy atom. The molecule has 0 spiro atoms. The number of rotatable bonds is 7. The van der Waals surface area contributed by atoms with Crippen LogP contribution < -0.4 is 0 Å². The van der Waals surface area contributed by atoms with Crippen molar-refractivity contribution in [3.8, 4) is 17.3 Å². The van der Waals surface area contributed by atoms with Crippen molar-refractivity contribution in [3.05, 3.63) is 53.3 Å². The third-order valence-electron chi connectivity index (χ3n) is 3.77. The van der Waals surface area contributed by atoms with E-state index in [-0.39, 0.29) is 12.8 Å². The molecule has 0 saturated heterocycles. The number of carboxylic acid groups (broad SMARTS) is 1. The molecule has 0 atom stereocenters. The fourth-order valence-electron chi connectivity index (χ4n) is 2.58. The summed E-state index contributed by atoms with van der Waals surface area (Å²) in [4.78, 5) is 19.9. The molecule has 2 heterocycles. The lowest BCUT2D eigenvalue weighted by atomic mass is 10.1. The Labute approximate surface area is 150 Å². The van der Waals surface area contributed by atoms with E-state index >= 15 is 0 Å². The van der Waals surface area contributed by atoms with Crippen molar-refractivity contribution < 1.29 is 14.3 Å². The molecule has 3 rings (SSSR count). The molecule has 0 aliphatic rings. The number of halogens is 1. The highest BCUT2D eigenvalue weighted by Crippen LogP contribution is 2.28. The smallest absolute Gasteiger partial charge is 0.307 e. The van der Waals surface area contributed by atoms with Crippen molar-refractivity contribution in [2.24, 2.45) is 0 Å². The summed E-state index contributed by atoms with van der Waals surface area (Å²) < 4.78 is 7.70. The van der Waals surface area contributed by atoms with Crippen LogP contribution in [0.3, 0.4) is 0 Å². The van der Waals surface area contributed by atoms with Crippen LogP contribution in [0, 0.1) is 0 Å². The molecule has 25 heavy (non-hydrogen) atoms. The van der Waals surface area contributed by atoms with Crippen LogP contribution in [-0.2, 0) is 17.6 Å². The fourth-order valence-corrected chi connectivity index (χ4v) is 2.71. The molecule has 0 amide bonds. The van der Waals surface area contributed by atoms with Gasteiger partial charge >= 0.3 is 12.0 Å². The van der Waals surface area contributed by atoms with Gasteiger partial charge in [-0.1, -0.05) is 30.7 Å². The van der Waals surface area contributed by atoms with E-state index in [1.54, 1.807) is 29.1 Å². The highest BCUT2D eigenvalue weighted by Gasteiger charge is 2.18. The summed E-state index contributed by atoms with van der Waals surface area (Å²) in [6, 6.07) is 7.62. The number of hydrogen-bond donors (Lipinski definition) is 1. The fraction of sp³-hybridized carbons (Fsp3) is 0.278. The lowest BCUT2D eigenvalue weighted by Crippen LogP contribution is -2.00. The maximum atomic E-state index is 10.9. The summed E-state index contributed by atoms with van der Waals surface area (Å²) in [5.74, 6) is 0.515. The van der Waals surface area contributed by atoms with Crippen molar-refractivity contribution in [1.29, 1.82) is 0 Å². The maximum Gasteiger partial charge on any atom is 0.307 e. The first-order valence-electron chi connectivity index (χ1n) is 8.08. The molecule has 1 N–H and O–H groups in total. The van der Waals surface area contributed by atoms with Gasteiger partial charge in [-0.3, -0.25) is 9.36 Å². The second-order valence-corrected chi connectivity index (χ2v) is 6.07. The van der Waals surface area contributed by atoms with Gasteiger partial charge in [0.15, 0.2) is 0 Å². The Bertz CT molecular complexity index is 868.